The minimum atomic E-state index is 0.0783. The van der Waals surface area contributed by atoms with Crippen LogP contribution in [0.4, 0.5) is 0 Å². The lowest BCUT2D eigenvalue weighted by Gasteiger charge is -2.41. The quantitative estimate of drug-likeness (QED) is 0.782. The molecule has 0 bridgehead atoms. The van der Waals surface area contributed by atoms with Crippen LogP contribution in [0.2, 0.25) is 0 Å². The van der Waals surface area contributed by atoms with Crippen molar-refractivity contribution in [2.45, 2.75) is 25.8 Å². The molecule has 22 heavy (non-hydrogen) atoms. The molecule has 1 aliphatic heterocycles. The van der Waals surface area contributed by atoms with Gasteiger partial charge in [0.25, 0.3) is 0 Å². The molecule has 4 nitrogen and oxygen atoms in total. The van der Waals surface area contributed by atoms with Crippen molar-refractivity contribution < 1.29 is 4.74 Å². The van der Waals surface area contributed by atoms with E-state index in [1.54, 1.807) is 0 Å². The second-order valence-corrected chi connectivity index (χ2v) is 6.67. The first kappa shape index (κ1) is 17.2. The van der Waals surface area contributed by atoms with E-state index in [-0.39, 0.29) is 5.54 Å². The van der Waals surface area contributed by atoms with Crippen LogP contribution in [0.15, 0.2) is 30.3 Å². The first-order valence-electron chi connectivity index (χ1n) is 7.96. The molecule has 122 valence electrons. The van der Waals surface area contributed by atoms with E-state index in [9.17, 15) is 0 Å². The van der Waals surface area contributed by atoms with Crippen molar-refractivity contribution in [3.8, 4) is 0 Å². The van der Waals surface area contributed by atoms with E-state index >= 15 is 0 Å². The summed E-state index contributed by atoms with van der Waals surface area (Å²) in [7, 11) is 0. The highest BCUT2D eigenvalue weighted by Gasteiger charge is 2.28. The number of hydrogen-bond acceptors (Lipinski definition) is 3. The summed E-state index contributed by atoms with van der Waals surface area (Å²) >= 11 is 5.37. The van der Waals surface area contributed by atoms with Gasteiger partial charge in [0.1, 0.15) is 0 Å². The molecule has 0 amide bonds. The van der Waals surface area contributed by atoms with Gasteiger partial charge in [-0.1, -0.05) is 30.3 Å². The summed E-state index contributed by atoms with van der Waals surface area (Å²) in [6, 6.07) is 10.4. The molecule has 2 rings (SSSR count). The van der Waals surface area contributed by atoms with Gasteiger partial charge in [0.05, 0.1) is 13.2 Å². The number of rotatable bonds is 6. The molecule has 1 aromatic carbocycles. The molecule has 0 aliphatic carbocycles. The van der Waals surface area contributed by atoms with Gasteiger partial charge in [-0.3, -0.25) is 4.90 Å². The van der Waals surface area contributed by atoms with Crippen molar-refractivity contribution in [3.63, 3.8) is 0 Å². The van der Waals surface area contributed by atoms with Crippen molar-refractivity contribution in [2.24, 2.45) is 0 Å². The van der Waals surface area contributed by atoms with Gasteiger partial charge in [0.15, 0.2) is 5.11 Å². The van der Waals surface area contributed by atoms with Gasteiger partial charge in [0.2, 0.25) is 0 Å². The Hall–Kier alpha value is -1.17. The molecule has 1 aromatic rings. The average molecular weight is 321 g/mol. The van der Waals surface area contributed by atoms with Gasteiger partial charge in [-0.25, -0.2) is 0 Å². The summed E-state index contributed by atoms with van der Waals surface area (Å²) in [6.45, 7) is 9.81. The van der Waals surface area contributed by atoms with Crippen LogP contribution in [-0.2, 0) is 11.2 Å². The molecule has 0 aromatic heterocycles. The van der Waals surface area contributed by atoms with E-state index in [0.29, 0.717) is 0 Å². The number of ether oxygens (including phenoxy) is 1. The molecule has 0 saturated carbocycles. The van der Waals surface area contributed by atoms with Gasteiger partial charge >= 0.3 is 0 Å². The summed E-state index contributed by atoms with van der Waals surface area (Å²) in [5, 5.41) is 7.36. The molecular weight excluding hydrogens is 294 g/mol. The molecule has 5 heteroatoms. The molecule has 1 saturated heterocycles. The number of nitrogens with zero attached hydrogens (tertiary/aromatic N) is 1. The number of hydrogen-bond donors (Lipinski definition) is 2. The standard InChI is InChI=1S/C17H27N3OS/c1-17(2,20-10-12-21-13-11-20)14-19-16(22)18-9-8-15-6-4-3-5-7-15/h3-7H,8-14H2,1-2H3,(H2,18,19,22). The van der Waals surface area contributed by atoms with Crippen molar-refractivity contribution >= 4 is 17.3 Å². The van der Waals surface area contributed by atoms with Crippen LogP contribution in [0, 0.1) is 0 Å². The number of thiocarbonyl (C=S) groups is 1. The molecule has 0 unspecified atom stereocenters. The third-order valence-electron chi connectivity index (χ3n) is 4.09. The molecule has 2 N–H and O–H groups in total. The zero-order valence-corrected chi connectivity index (χ0v) is 14.4. The van der Waals surface area contributed by atoms with Crippen LogP contribution < -0.4 is 10.6 Å². The minimum Gasteiger partial charge on any atom is -0.379 e. The fourth-order valence-corrected chi connectivity index (χ4v) is 2.78. The first-order valence-corrected chi connectivity index (χ1v) is 8.37. The minimum absolute atomic E-state index is 0.0783. The Kier molecular flexibility index (Phi) is 6.61. The van der Waals surface area contributed by atoms with Crippen LogP contribution >= 0.6 is 12.2 Å². The molecule has 1 heterocycles. The summed E-state index contributed by atoms with van der Waals surface area (Å²) in [5.74, 6) is 0. The summed E-state index contributed by atoms with van der Waals surface area (Å²) < 4.78 is 5.42. The fourth-order valence-electron chi connectivity index (χ4n) is 2.60. The lowest BCUT2D eigenvalue weighted by Crippen LogP contribution is -2.56. The van der Waals surface area contributed by atoms with Crippen molar-refractivity contribution in [1.82, 2.24) is 15.5 Å². The lowest BCUT2D eigenvalue weighted by atomic mass is 10.0. The smallest absolute Gasteiger partial charge is 0.166 e. The Morgan fingerprint density at radius 1 is 1.18 bits per heavy atom. The van der Waals surface area contributed by atoms with Crippen LogP contribution in [0.25, 0.3) is 0 Å². The maximum absolute atomic E-state index is 5.42. The third kappa shape index (κ3) is 5.55. The van der Waals surface area contributed by atoms with E-state index in [4.69, 9.17) is 17.0 Å². The summed E-state index contributed by atoms with van der Waals surface area (Å²) in [5.41, 5.74) is 1.40. The number of morpholine rings is 1. The summed E-state index contributed by atoms with van der Waals surface area (Å²) in [6.07, 6.45) is 0.982. The topological polar surface area (TPSA) is 36.5 Å². The Bertz CT molecular complexity index is 458. The third-order valence-corrected chi connectivity index (χ3v) is 4.38. The Balaban J connectivity index is 1.66. The molecular formula is C17H27N3OS. The first-order chi connectivity index (χ1) is 10.6. The van der Waals surface area contributed by atoms with Gasteiger partial charge in [-0.15, -0.1) is 0 Å². The fraction of sp³-hybridized carbons (Fsp3) is 0.588. The van der Waals surface area contributed by atoms with Crippen LogP contribution in [-0.4, -0.2) is 54.9 Å². The zero-order chi connectivity index (χ0) is 15.8. The van der Waals surface area contributed by atoms with Gasteiger partial charge in [-0.2, -0.15) is 0 Å². The number of benzene rings is 1. The molecule has 0 spiro atoms. The zero-order valence-electron chi connectivity index (χ0n) is 13.6. The Morgan fingerprint density at radius 3 is 2.55 bits per heavy atom. The second kappa shape index (κ2) is 8.46. The Labute approximate surface area is 139 Å². The average Bonchev–Trinajstić information content (AvgIpc) is 2.55. The van der Waals surface area contributed by atoms with E-state index in [1.165, 1.54) is 5.56 Å². The van der Waals surface area contributed by atoms with Gasteiger partial charge in [0, 0.05) is 31.7 Å². The highest BCUT2D eigenvalue weighted by atomic mass is 32.1. The van der Waals surface area contributed by atoms with E-state index in [0.717, 1.165) is 50.9 Å². The molecule has 1 aliphatic rings. The van der Waals surface area contributed by atoms with Crippen LogP contribution in [0.1, 0.15) is 19.4 Å². The maximum Gasteiger partial charge on any atom is 0.166 e. The molecule has 0 radical (unpaired) electrons. The maximum atomic E-state index is 5.42. The lowest BCUT2D eigenvalue weighted by molar-refractivity contribution is -0.00829. The second-order valence-electron chi connectivity index (χ2n) is 6.26. The predicted octanol–water partition coefficient (Wildman–Crippen LogP) is 1.80. The monoisotopic (exact) mass is 321 g/mol. The Morgan fingerprint density at radius 2 is 1.86 bits per heavy atom. The predicted molar refractivity (Wildman–Crippen MR) is 95.2 cm³/mol. The van der Waals surface area contributed by atoms with Gasteiger partial charge < -0.3 is 15.4 Å². The van der Waals surface area contributed by atoms with Crippen molar-refractivity contribution in [2.75, 3.05) is 39.4 Å². The van der Waals surface area contributed by atoms with E-state index in [1.807, 2.05) is 6.07 Å². The normalized spacial score (nSPS) is 16.3. The highest BCUT2D eigenvalue weighted by molar-refractivity contribution is 7.80. The van der Waals surface area contributed by atoms with Crippen LogP contribution in [0.5, 0.6) is 0 Å². The van der Waals surface area contributed by atoms with Gasteiger partial charge in [-0.05, 0) is 38.0 Å². The summed E-state index contributed by atoms with van der Waals surface area (Å²) in [4.78, 5) is 2.45. The van der Waals surface area contributed by atoms with Crippen LogP contribution in [0.3, 0.4) is 0 Å². The number of nitrogens with one attached hydrogen (secondary N) is 2. The van der Waals surface area contributed by atoms with E-state index in [2.05, 4.69) is 53.6 Å². The molecule has 1 fully saturated rings. The van der Waals surface area contributed by atoms with Crippen molar-refractivity contribution in [3.05, 3.63) is 35.9 Å². The molecule has 0 atom stereocenters. The van der Waals surface area contributed by atoms with E-state index < -0.39 is 0 Å². The largest absolute Gasteiger partial charge is 0.379 e. The SMILES string of the molecule is CC(C)(CNC(=S)NCCc1ccccc1)N1CCOCC1. The highest BCUT2D eigenvalue weighted by Crippen LogP contribution is 2.14. The van der Waals surface area contributed by atoms with Crippen molar-refractivity contribution in [1.29, 1.82) is 0 Å².